The zero-order chi connectivity index (χ0) is 26.0. The average Bonchev–Trinajstić information content (AvgIpc) is 2.76. The number of benzene rings is 2. The molecule has 1 aliphatic heterocycles. The number of aliphatic hydroxyl groups excluding tert-OH is 1. The number of esters is 1. The van der Waals surface area contributed by atoms with Crippen molar-refractivity contribution in [2.24, 2.45) is 5.92 Å². The van der Waals surface area contributed by atoms with Gasteiger partial charge in [-0.2, -0.15) is 0 Å². The maximum Gasteiger partial charge on any atom is 0.349 e. The van der Waals surface area contributed by atoms with Crippen molar-refractivity contribution >= 4 is 29.3 Å². The summed E-state index contributed by atoms with van der Waals surface area (Å²) in [6, 6.07) is 14.0. The van der Waals surface area contributed by atoms with E-state index >= 15 is 0 Å². The van der Waals surface area contributed by atoms with E-state index in [1.807, 2.05) is 51.1 Å². The van der Waals surface area contributed by atoms with Crippen molar-refractivity contribution in [1.29, 1.82) is 0 Å². The molecule has 1 atom stereocenters. The molecule has 1 unspecified atom stereocenters. The van der Waals surface area contributed by atoms with Crippen LogP contribution in [0.25, 0.3) is 0 Å². The standard InChI is InChI=1S/C29H37NO4S/c1-18(2)29(14-13-21-11-9-8-10-12-21)17-24(32)26(27(33)34-29)35-25-15-19(3)23(30-20(4)31)16-22(25)28(5,6)7/h8-12,15-16,18,32H,13-14,17H2,1-7H3,(H,30,31). The molecule has 0 fully saturated rings. The summed E-state index contributed by atoms with van der Waals surface area (Å²) in [6.45, 7) is 13.7. The number of cyclic esters (lactones) is 1. The molecule has 2 N–H and O–H groups in total. The van der Waals surface area contributed by atoms with Gasteiger partial charge in [-0.05, 0) is 59.9 Å². The zero-order valence-corrected chi connectivity index (χ0v) is 22.6. The van der Waals surface area contributed by atoms with Crippen molar-refractivity contribution in [2.45, 2.75) is 83.6 Å². The smallest absolute Gasteiger partial charge is 0.349 e. The third kappa shape index (κ3) is 6.29. The molecule has 0 saturated carbocycles. The minimum Gasteiger partial charge on any atom is -0.511 e. The quantitative estimate of drug-likeness (QED) is 0.401. The van der Waals surface area contributed by atoms with Crippen LogP contribution < -0.4 is 5.32 Å². The zero-order valence-electron chi connectivity index (χ0n) is 21.8. The van der Waals surface area contributed by atoms with E-state index in [4.69, 9.17) is 4.74 Å². The number of aryl methyl sites for hydroxylation is 2. The molecule has 1 aliphatic rings. The van der Waals surface area contributed by atoms with E-state index in [1.165, 1.54) is 24.2 Å². The fraction of sp³-hybridized carbons (Fsp3) is 0.448. The molecule has 2 aromatic rings. The first kappa shape index (κ1) is 26.9. The number of anilines is 1. The topological polar surface area (TPSA) is 75.6 Å². The van der Waals surface area contributed by atoms with E-state index in [-0.39, 0.29) is 27.9 Å². The van der Waals surface area contributed by atoms with Crippen molar-refractivity contribution in [3.8, 4) is 0 Å². The molecule has 0 radical (unpaired) electrons. The van der Waals surface area contributed by atoms with Crippen molar-refractivity contribution in [2.75, 3.05) is 5.32 Å². The highest BCUT2D eigenvalue weighted by atomic mass is 32.2. The number of rotatable bonds is 7. The van der Waals surface area contributed by atoms with Gasteiger partial charge in [0, 0.05) is 23.9 Å². The highest BCUT2D eigenvalue weighted by Gasteiger charge is 2.44. The van der Waals surface area contributed by atoms with Gasteiger partial charge in [-0.25, -0.2) is 4.79 Å². The lowest BCUT2D eigenvalue weighted by Crippen LogP contribution is -2.44. The number of carbonyl (C=O) groups excluding carboxylic acids is 2. The van der Waals surface area contributed by atoms with E-state index < -0.39 is 11.6 Å². The summed E-state index contributed by atoms with van der Waals surface area (Å²) in [5.74, 6) is -0.487. The second-order valence-electron chi connectivity index (χ2n) is 10.7. The minimum absolute atomic E-state index is 0.0492. The first-order chi connectivity index (χ1) is 16.3. The van der Waals surface area contributed by atoms with Gasteiger partial charge < -0.3 is 15.2 Å². The average molecular weight is 496 g/mol. The summed E-state index contributed by atoms with van der Waals surface area (Å²) < 4.78 is 6.11. The van der Waals surface area contributed by atoms with Gasteiger partial charge in [-0.1, -0.05) is 76.7 Å². The lowest BCUT2D eigenvalue weighted by atomic mass is 9.80. The van der Waals surface area contributed by atoms with Gasteiger partial charge in [0.2, 0.25) is 5.91 Å². The van der Waals surface area contributed by atoms with Crippen LogP contribution in [0.1, 0.15) is 71.1 Å². The van der Waals surface area contributed by atoms with Crippen LogP contribution in [0.2, 0.25) is 0 Å². The van der Waals surface area contributed by atoms with Crippen LogP contribution in [0, 0.1) is 12.8 Å². The van der Waals surface area contributed by atoms with E-state index in [1.54, 1.807) is 0 Å². The molecular weight excluding hydrogens is 458 g/mol. The number of hydrogen-bond donors (Lipinski definition) is 2. The Balaban J connectivity index is 1.93. The Morgan fingerprint density at radius 1 is 1.20 bits per heavy atom. The summed E-state index contributed by atoms with van der Waals surface area (Å²) in [5, 5.41) is 14.0. The second kappa shape index (κ2) is 10.5. The summed E-state index contributed by atoms with van der Waals surface area (Å²) in [5.41, 5.74) is 2.80. The number of ether oxygens (including phenoxy) is 1. The number of thioether (sulfide) groups is 1. The molecule has 2 aromatic carbocycles. The predicted octanol–water partition coefficient (Wildman–Crippen LogP) is 7.09. The number of aliphatic hydroxyl groups is 1. The molecule has 5 nitrogen and oxygen atoms in total. The fourth-order valence-electron chi connectivity index (χ4n) is 4.39. The van der Waals surface area contributed by atoms with Crippen LogP contribution in [0.5, 0.6) is 0 Å². The van der Waals surface area contributed by atoms with Gasteiger partial charge in [0.15, 0.2) is 0 Å². The molecule has 35 heavy (non-hydrogen) atoms. The minimum atomic E-state index is -0.751. The van der Waals surface area contributed by atoms with Crippen LogP contribution in [0.4, 0.5) is 5.69 Å². The lowest BCUT2D eigenvalue weighted by Gasteiger charge is -2.40. The molecule has 0 bridgehead atoms. The first-order valence-corrected chi connectivity index (χ1v) is 12.9. The number of nitrogens with one attached hydrogen (secondary N) is 1. The van der Waals surface area contributed by atoms with Crippen molar-refractivity contribution in [3.63, 3.8) is 0 Å². The van der Waals surface area contributed by atoms with E-state index in [9.17, 15) is 14.7 Å². The molecule has 0 aromatic heterocycles. The van der Waals surface area contributed by atoms with Crippen molar-refractivity contribution < 1.29 is 19.4 Å². The van der Waals surface area contributed by atoms with E-state index in [0.717, 1.165) is 28.1 Å². The molecule has 188 valence electrons. The van der Waals surface area contributed by atoms with Gasteiger partial charge in [-0.3, -0.25) is 4.79 Å². The van der Waals surface area contributed by atoms with Crippen LogP contribution in [0.15, 0.2) is 58.0 Å². The molecule has 1 amide bonds. The summed E-state index contributed by atoms with van der Waals surface area (Å²) in [4.78, 5) is 26.0. The Bertz CT molecular complexity index is 1130. The van der Waals surface area contributed by atoms with Gasteiger partial charge in [0.05, 0.1) is 0 Å². The van der Waals surface area contributed by atoms with Crippen LogP contribution >= 0.6 is 11.8 Å². The number of hydrogen-bond acceptors (Lipinski definition) is 5. The van der Waals surface area contributed by atoms with Gasteiger partial charge >= 0.3 is 5.97 Å². The third-order valence-electron chi connectivity index (χ3n) is 6.60. The highest BCUT2D eigenvalue weighted by molar-refractivity contribution is 8.04. The Labute approximate surface area is 213 Å². The number of amides is 1. The SMILES string of the molecule is CC(=O)Nc1cc(C(C)(C)C)c(SC2=C(O)CC(CCc3ccccc3)(C(C)C)OC2=O)cc1C. The lowest BCUT2D eigenvalue weighted by molar-refractivity contribution is -0.164. The van der Waals surface area contributed by atoms with Crippen LogP contribution in [-0.4, -0.2) is 22.6 Å². The number of carbonyl (C=O) groups is 2. The molecule has 3 rings (SSSR count). The fourth-order valence-corrected chi connectivity index (χ4v) is 5.63. The van der Waals surface area contributed by atoms with Gasteiger partial charge in [0.1, 0.15) is 16.3 Å². The molecule has 0 aliphatic carbocycles. The maximum absolute atomic E-state index is 13.3. The summed E-state index contributed by atoms with van der Waals surface area (Å²) >= 11 is 1.25. The molecule has 6 heteroatoms. The van der Waals surface area contributed by atoms with Crippen LogP contribution in [0.3, 0.4) is 0 Å². The second-order valence-corrected chi connectivity index (χ2v) is 11.8. The Kier molecular flexibility index (Phi) is 8.05. The highest BCUT2D eigenvalue weighted by Crippen LogP contribution is 2.45. The summed E-state index contributed by atoms with van der Waals surface area (Å²) in [7, 11) is 0. The Morgan fingerprint density at radius 2 is 1.86 bits per heavy atom. The third-order valence-corrected chi connectivity index (χ3v) is 7.76. The van der Waals surface area contributed by atoms with Crippen molar-refractivity contribution in [1.82, 2.24) is 0 Å². The van der Waals surface area contributed by atoms with Gasteiger partial charge in [0.25, 0.3) is 0 Å². The van der Waals surface area contributed by atoms with Crippen LogP contribution in [-0.2, 0) is 26.2 Å². The predicted molar refractivity (Wildman–Crippen MR) is 143 cm³/mol. The van der Waals surface area contributed by atoms with E-state index in [2.05, 4.69) is 38.2 Å². The molecular formula is C29H37NO4S. The normalized spacial score (nSPS) is 18.6. The maximum atomic E-state index is 13.3. The first-order valence-electron chi connectivity index (χ1n) is 12.1. The summed E-state index contributed by atoms with van der Waals surface area (Å²) in [6.07, 6.45) is 1.69. The van der Waals surface area contributed by atoms with E-state index in [0.29, 0.717) is 12.8 Å². The largest absolute Gasteiger partial charge is 0.511 e. The van der Waals surface area contributed by atoms with Gasteiger partial charge in [-0.15, -0.1) is 0 Å². The Morgan fingerprint density at radius 3 is 2.40 bits per heavy atom. The Hall–Kier alpha value is -2.73. The van der Waals surface area contributed by atoms with Crippen molar-refractivity contribution in [3.05, 3.63) is 69.8 Å². The molecule has 0 spiro atoms. The molecule has 1 heterocycles. The monoisotopic (exact) mass is 495 g/mol. The molecule has 0 saturated heterocycles.